The maximum absolute atomic E-state index is 10.9. The molecule has 0 aromatic rings. The predicted molar refractivity (Wildman–Crippen MR) is 69.2 cm³/mol. The summed E-state index contributed by atoms with van der Waals surface area (Å²) in [6.45, 7) is 13.0. The molecule has 0 spiro atoms. The molecule has 2 atom stereocenters. The van der Waals surface area contributed by atoms with Crippen molar-refractivity contribution in [2.45, 2.75) is 47.0 Å². The second-order valence-electron chi connectivity index (χ2n) is 5.56. The van der Waals surface area contributed by atoms with Crippen molar-refractivity contribution in [1.82, 2.24) is 0 Å². The van der Waals surface area contributed by atoms with E-state index < -0.39 is 0 Å². The fourth-order valence-corrected chi connectivity index (χ4v) is 2.57. The number of hydrogen-bond acceptors (Lipinski definition) is 1. The van der Waals surface area contributed by atoms with Crippen molar-refractivity contribution in [3.63, 3.8) is 0 Å². The molecule has 1 heteroatoms. The molecule has 1 unspecified atom stereocenters. The average Bonchev–Trinajstić information content (AvgIpc) is 2.50. The lowest BCUT2D eigenvalue weighted by molar-refractivity contribution is -0.111. The van der Waals surface area contributed by atoms with Crippen molar-refractivity contribution in [1.29, 1.82) is 0 Å². The van der Waals surface area contributed by atoms with Crippen molar-refractivity contribution in [2.75, 3.05) is 0 Å². The van der Waals surface area contributed by atoms with Gasteiger partial charge >= 0.3 is 0 Å². The molecular formula is C15H24O. The Kier molecular flexibility index (Phi) is 4.12. The van der Waals surface area contributed by atoms with Crippen LogP contribution in [0.2, 0.25) is 0 Å². The molecule has 90 valence electrons. The standard InChI is InChI=1S/C15H24O/c1-6-13(10-16)9-11(2)14-8-7-12(3)15(14,4)5/h7,10,13-14H,2,6,8-9H2,1,3-5H3/t13?,14-/m1/s1. The average molecular weight is 220 g/mol. The fraction of sp³-hybridized carbons (Fsp3) is 0.667. The van der Waals surface area contributed by atoms with Gasteiger partial charge in [0.1, 0.15) is 6.29 Å². The quantitative estimate of drug-likeness (QED) is 0.502. The van der Waals surface area contributed by atoms with Gasteiger partial charge in [-0.05, 0) is 37.5 Å². The maximum atomic E-state index is 10.9. The minimum Gasteiger partial charge on any atom is -0.303 e. The molecule has 0 saturated heterocycles. The van der Waals surface area contributed by atoms with Gasteiger partial charge in [0.15, 0.2) is 0 Å². The van der Waals surface area contributed by atoms with Crippen molar-refractivity contribution < 1.29 is 4.79 Å². The Bertz CT molecular complexity index is 309. The molecule has 0 N–H and O–H groups in total. The van der Waals surface area contributed by atoms with Crippen LogP contribution in [0, 0.1) is 17.3 Å². The smallest absolute Gasteiger partial charge is 0.123 e. The lowest BCUT2D eigenvalue weighted by atomic mass is 9.72. The van der Waals surface area contributed by atoms with Crippen LogP contribution >= 0.6 is 0 Å². The highest BCUT2D eigenvalue weighted by Gasteiger charge is 2.36. The zero-order chi connectivity index (χ0) is 12.3. The van der Waals surface area contributed by atoms with E-state index in [1.807, 2.05) is 0 Å². The van der Waals surface area contributed by atoms with Gasteiger partial charge in [0.25, 0.3) is 0 Å². The molecule has 1 rings (SSSR count). The third kappa shape index (κ3) is 2.45. The van der Waals surface area contributed by atoms with Crippen LogP contribution in [-0.4, -0.2) is 6.29 Å². The molecule has 0 aromatic heterocycles. The van der Waals surface area contributed by atoms with E-state index >= 15 is 0 Å². The summed E-state index contributed by atoms with van der Waals surface area (Å²) < 4.78 is 0. The highest BCUT2D eigenvalue weighted by molar-refractivity contribution is 5.54. The highest BCUT2D eigenvalue weighted by atomic mass is 16.1. The Hall–Kier alpha value is -0.850. The summed E-state index contributed by atoms with van der Waals surface area (Å²) in [5.74, 6) is 0.672. The molecule has 1 aliphatic carbocycles. The molecule has 16 heavy (non-hydrogen) atoms. The van der Waals surface area contributed by atoms with Crippen LogP contribution in [0.1, 0.15) is 47.0 Å². The largest absolute Gasteiger partial charge is 0.303 e. The second-order valence-corrected chi connectivity index (χ2v) is 5.56. The van der Waals surface area contributed by atoms with Crippen LogP contribution in [0.25, 0.3) is 0 Å². The van der Waals surface area contributed by atoms with Gasteiger partial charge in [0.2, 0.25) is 0 Å². The second kappa shape index (κ2) is 4.99. The Labute approximate surface area is 99.6 Å². The van der Waals surface area contributed by atoms with Gasteiger partial charge in [-0.3, -0.25) is 0 Å². The summed E-state index contributed by atoms with van der Waals surface area (Å²) in [5, 5.41) is 0. The van der Waals surface area contributed by atoms with Gasteiger partial charge in [-0.15, -0.1) is 0 Å². The van der Waals surface area contributed by atoms with E-state index in [1.165, 1.54) is 11.1 Å². The van der Waals surface area contributed by atoms with Crippen LogP contribution in [-0.2, 0) is 4.79 Å². The van der Waals surface area contributed by atoms with Crippen molar-refractivity contribution >= 4 is 6.29 Å². The SMILES string of the molecule is C=C(CC(C=O)CC)[C@H]1CC=C(C)C1(C)C. The van der Waals surface area contributed by atoms with Crippen molar-refractivity contribution in [3.8, 4) is 0 Å². The summed E-state index contributed by atoms with van der Waals surface area (Å²) >= 11 is 0. The Morgan fingerprint density at radius 1 is 1.69 bits per heavy atom. The highest BCUT2D eigenvalue weighted by Crippen LogP contribution is 2.47. The molecule has 0 amide bonds. The van der Waals surface area contributed by atoms with Crippen molar-refractivity contribution in [2.24, 2.45) is 17.3 Å². The van der Waals surface area contributed by atoms with E-state index in [4.69, 9.17) is 0 Å². The van der Waals surface area contributed by atoms with E-state index in [9.17, 15) is 4.79 Å². The van der Waals surface area contributed by atoms with Crippen LogP contribution in [0.4, 0.5) is 0 Å². The summed E-state index contributed by atoms with van der Waals surface area (Å²) in [5.41, 5.74) is 2.92. The van der Waals surface area contributed by atoms with E-state index in [-0.39, 0.29) is 11.3 Å². The third-order valence-corrected chi connectivity index (χ3v) is 4.28. The molecule has 0 heterocycles. The molecule has 1 aliphatic rings. The molecular weight excluding hydrogens is 196 g/mol. The molecule has 0 bridgehead atoms. The Morgan fingerprint density at radius 3 is 2.69 bits per heavy atom. The monoisotopic (exact) mass is 220 g/mol. The van der Waals surface area contributed by atoms with Gasteiger partial charge in [-0.1, -0.05) is 44.6 Å². The first-order valence-corrected chi connectivity index (χ1v) is 6.23. The number of aldehydes is 1. The van der Waals surface area contributed by atoms with E-state index in [0.29, 0.717) is 5.92 Å². The van der Waals surface area contributed by atoms with Gasteiger partial charge < -0.3 is 4.79 Å². The van der Waals surface area contributed by atoms with E-state index in [0.717, 1.165) is 25.5 Å². The minimum atomic E-state index is 0.157. The first-order chi connectivity index (χ1) is 7.43. The van der Waals surface area contributed by atoms with Crippen LogP contribution in [0.15, 0.2) is 23.8 Å². The number of allylic oxidation sites excluding steroid dienone is 3. The van der Waals surface area contributed by atoms with E-state index in [1.54, 1.807) is 0 Å². The first kappa shape index (κ1) is 13.2. The minimum absolute atomic E-state index is 0.157. The molecule has 0 saturated carbocycles. The van der Waals surface area contributed by atoms with Crippen LogP contribution < -0.4 is 0 Å². The van der Waals surface area contributed by atoms with Gasteiger partial charge in [0, 0.05) is 5.92 Å². The lowest BCUT2D eigenvalue weighted by Crippen LogP contribution is -2.23. The van der Waals surface area contributed by atoms with Gasteiger partial charge in [-0.25, -0.2) is 0 Å². The lowest BCUT2D eigenvalue weighted by Gasteiger charge is -2.32. The summed E-state index contributed by atoms with van der Waals surface area (Å²) in [4.78, 5) is 10.9. The first-order valence-electron chi connectivity index (χ1n) is 6.23. The molecule has 0 aromatic carbocycles. The summed E-state index contributed by atoms with van der Waals surface area (Å²) in [6, 6.07) is 0. The normalized spacial score (nSPS) is 25.0. The number of hydrogen-bond donors (Lipinski definition) is 0. The van der Waals surface area contributed by atoms with Gasteiger partial charge in [-0.2, -0.15) is 0 Å². The van der Waals surface area contributed by atoms with Gasteiger partial charge in [0.05, 0.1) is 0 Å². The zero-order valence-corrected chi connectivity index (χ0v) is 11.0. The van der Waals surface area contributed by atoms with E-state index in [2.05, 4.69) is 40.3 Å². The molecule has 0 aliphatic heterocycles. The van der Waals surface area contributed by atoms with Crippen molar-refractivity contribution in [3.05, 3.63) is 23.8 Å². The number of carbonyl (C=O) groups is 1. The predicted octanol–water partition coefficient (Wildman–Crippen LogP) is 4.15. The zero-order valence-electron chi connectivity index (χ0n) is 11.0. The number of carbonyl (C=O) groups excluding carboxylic acids is 1. The molecule has 0 fully saturated rings. The topological polar surface area (TPSA) is 17.1 Å². The number of rotatable bonds is 5. The maximum Gasteiger partial charge on any atom is 0.123 e. The van der Waals surface area contributed by atoms with Crippen LogP contribution in [0.5, 0.6) is 0 Å². The molecule has 1 nitrogen and oxygen atoms in total. The summed E-state index contributed by atoms with van der Waals surface area (Å²) in [6.07, 6.45) is 6.26. The molecule has 0 radical (unpaired) electrons. The summed E-state index contributed by atoms with van der Waals surface area (Å²) in [7, 11) is 0. The Balaban J connectivity index is 2.67. The van der Waals surface area contributed by atoms with Crippen LogP contribution in [0.3, 0.4) is 0 Å². The fourth-order valence-electron chi connectivity index (χ4n) is 2.57. The third-order valence-electron chi connectivity index (χ3n) is 4.28. The Morgan fingerprint density at radius 2 is 2.31 bits per heavy atom.